The van der Waals surface area contributed by atoms with Crippen LogP contribution in [0.1, 0.15) is 325 Å². The number of fused-ring (bicyclic) bond motifs is 23. The molecule has 0 radical (unpaired) electrons. The van der Waals surface area contributed by atoms with Gasteiger partial charge in [-0.2, -0.15) is 0 Å². The van der Waals surface area contributed by atoms with E-state index in [0.29, 0.717) is 93.7 Å². The van der Waals surface area contributed by atoms with Crippen molar-refractivity contribution in [2.24, 2.45) is 0 Å². The third kappa shape index (κ3) is 26.5. The summed E-state index contributed by atoms with van der Waals surface area (Å²) in [6.45, 7) is 17.9. The molecule has 4 N–H and O–H groups in total. The molecule has 10 aromatic rings. The van der Waals surface area contributed by atoms with Gasteiger partial charge in [0.1, 0.15) is 46.0 Å². The zero-order valence-corrected chi connectivity index (χ0v) is 79.2. The third-order valence-corrected chi connectivity index (χ3v) is 25.5. The van der Waals surface area contributed by atoms with Crippen molar-refractivity contribution < 1.29 is 37.9 Å². The molecule has 0 spiro atoms. The van der Waals surface area contributed by atoms with Gasteiger partial charge in [-0.3, -0.25) is 0 Å². The van der Waals surface area contributed by atoms with E-state index in [1.165, 1.54) is 154 Å². The molecule has 16 nitrogen and oxygen atoms in total. The van der Waals surface area contributed by atoms with Crippen molar-refractivity contribution >= 4 is 92.7 Å². The van der Waals surface area contributed by atoms with Gasteiger partial charge in [-0.15, -0.1) is 0 Å². The van der Waals surface area contributed by atoms with E-state index in [4.69, 9.17) is 57.8 Å². The van der Waals surface area contributed by atoms with Gasteiger partial charge in [0.2, 0.25) is 0 Å². The Morgan fingerprint density at radius 2 is 0.466 bits per heavy atom. The second-order valence-electron chi connectivity index (χ2n) is 36.2. The molecule has 24 bridgehead atoms. The number of aromatic nitrogens is 8. The van der Waals surface area contributed by atoms with Gasteiger partial charge < -0.3 is 57.8 Å². The lowest BCUT2D eigenvalue weighted by Gasteiger charge is -2.15. The quantitative estimate of drug-likeness (QED) is 0.0265. The molecule has 0 fully saturated rings. The molecule has 5 aliphatic heterocycles. The first kappa shape index (κ1) is 94.1. The van der Waals surface area contributed by atoms with Crippen LogP contribution in [0.4, 0.5) is 0 Å². The van der Waals surface area contributed by atoms with Gasteiger partial charge in [0.25, 0.3) is 0 Å². The fourth-order valence-corrected chi connectivity index (χ4v) is 18.4. The molecule has 6 aromatic heterocycles. The number of rotatable bonds is 50. The fourth-order valence-electron chi connectivity index (χ4n) is 18.4. The Hall–Kier alpha value is -11.5. The Kier molecular flexibility index (Phi) is 35.7. The Labute approximate surface area is 778 Å². The van der Waals surface area contributed by atoms with E-state index >= 15 is 0 Å². The summed E-state index contributed by atoms with van der Waals surface area (Å²) < 4.78 is 55.1. The van der Waals surface area contributed by atoms with Crippen LogP contribution in [-0.4, -0.2) is 92.7 Å². The maximum atomic E-state index is 6.94. The molecule has 0 aliphatic carbocycles. The molecule has 11 heterocycles. The molecule has 0 atom stereocenters. The van der Waals surface area contributed by atoms with Crippen molar-refractivity contribution in [1.29, 1.82) is 0 Å². The van der Waals surface area contributed by atoms with Gasteiger partial charge in [-0.1, -0.05) is 234 Å². The predicted molar refractivity (Wildman–Crippen MR) is 547 cm³/mol. The van der Waals surface area contributed by atoms with Crippen LogP contribution >= 0.6 is 0 Å². The molecule has 131 heavy (non-hydrogen) atoms. The number of hydrogen-bond donors (Lipinski definition) is 4. The summed E-state index contributed by atoms with van der Waals surface area (Å²) in [6.07, 6.45) is 59.3. The van der Waals surface area contributed by atoms with Crippen LogP contribution in [0.15, 0.2) is 133 Å². The summed E-state index contributed by atoms with van der Waals surface area (Å²) in [4.78, 5) is 39.5. The predicted octanol–water partition coefficient (Wildman–Crippen LogP) is 32.6. The molecular weight excluding hydrogens is 1620 g/mol. The van der Waals surface area contributed by atoms with Crippen LogP contribution in [0.25, 0.3) is 148 Å². The van der Waals surface area contributed by atoms with Crippen LogP contribution in [0.2, 0.25) is 0 Å². The van der Waals surface area contributed by atoms with Gasteiger partial charge in [-0.25, -0.2) is 19.9 Å². The first-order valence-corrected chi connectivity index (χ1v) is 50.6. The number of nitrogens with one attached hydrogen (secondary N) is 4. The van der Waals surface area contributed by atoms with E-state index < -0.39 is 0 Å². The molecule has 690 valence electrons. The molecule has 0 saturated carbocycles. The summed E-state index contributed by atoms with van der Waals surface area (Å²) in [5.41, 5.74) is 21.3. The lowest BCUT2D eigenvalue weighted by Crippen LogP contribution is -2.06. The molecule has 0 unspecified atom stereocenters. The number of benzene rings is 4. The van der Waals surface area contributed by atoms with Crippen molar-refractivity contribution in [1.82, 2.24) is 39.9 Å². The van der Waals surface area contributed by atoms with Gasteiger partial charge in [0.05, 0.1) is 98.4 Å². The van der Waals surface area contributed by atoms with Crippen LogP contribution < -0.4 is 37.9 Å². The second kappa shape index (κ2) is 49.6. The summed E-state index contributed by atoms with van der Waals surface area (Å²) >= 11 is 0. The van der Waals surface area contributed by atoms with Gasteiger partial charge in [0, 0.05) is 108 Å². The van der Waals surface area contributed by atoms with Crippen molar-refractivity contribution in [3.63, 3.8) is 0 Å². The highest BCUT2D eigenvalue weighted by molar-refractivity contribution is 6.05. The number of ether oxygens (including phenoxy) is 8. The fraction of sp³-hybridized carbons (Fsp3) is 0.443. The van der Waals surface area contributed by atoms with Crippen molar-refractivity contribution in [2.45, 2.75) is 279 Å². The highest BCUT2D eigenvalue weighted by Gasteiger charge is 2.26. The number of H-pyrrole nitrogens is 4. The van der Waals surface area contributed by atoms with E-state index in [1.807, 2.05) is 12.1 Å². The maximum absolute atomic E-state index is 6.94. The lowest BCUT2D eigenvalue weighted by molar-refractivity contribution is 0.244. The van der Waals surface area contributed by atoms with Crippen molar-refractivity contribution in [2.75, 3.05) is 52.9 Å². The second-order valence-corrected chi connectivity index (χ2v) is 36.2. The zero-order chi connectivity index (χ0) is 90.0. The zero-order valence-electron chi connectivity index (χ0n) is 79.2. The number of unbranched alkanes of at least 4 members (excludes halogenated alkanes) is 30. The summed E-state index contributed by atoms with van der Waals surface area (Å²) in [5, 5.41) is 0. The summed E-state index contributed by atoms with van der Waals surface area (Å²) in [5.74, 6) is 5.80. The number of aromatic amines is 4. The van der Waals surface area contributed by atoms with E-state index in [1.54, 1.807) is 0 Å². The Morgan fingerprint density at radius 1 is 0.229 bits per heavy atom. The van der Waals surface area contributed by atoms with E-state index in [2.05, 4.69) is 231 Å². The minimum absolute atomic E-state index is 0.375. The van der Waals surface area contributed by atoms with Crippen LogP contribution in [0.3, 0.4) is 0 Å². The van der Waals surface area contributed by atoms with E-state index in [-0.39, 0.29) is 0 Å². The number of nitrogens with zero attached hydrogens (tertiary/aromatic N) is 4. The van der Waals surface area contributed by atoms with E-state index in [0.717, 1.165) is 234 Å². The van der Waals surface area contributed by atoms with E-state index in [9.17, 15) is 0 Å². The largest absolute Gasteiger partial charge is 0.493 e. The van der Waals surface area contributed by atoms with Gasteiger partial charge in [-0.05, 0) is 219 Å². The normalized spacial score (nSPS) is 12.6. The minimum atomic E-state index is 0.375. The first-order valence-electron chi connectivity index (χ1n) is 50.6. The Bertz CT molecular complexity index is 5470. The molecule has 16 heteroatoms. The monoisotopic (exact) mass is 1760 g/mol. The molecule has 4 aromatic carbocycles. The smallest absolute Gasteiger partial charge is 0.123 e. The first-order chi connectivity index (χ1) is 64.7. The molecule has 15 rings (SSSR count). The Balaban J connectivity index is 1.02. The average Bonchev–Trinajstić information content (AvgIpc) is 1.60. The minimum Gasteiger partial charge on any atom is -0.493 e. The molecule has 0 amide bonds. The molecule has 0 saturated heterocycles. The molecule has 5 aliphatic rings. The summed E-state index contributed by atoms with van der Waals surface area (Å²) in [7, 11) is 0. The van der Waals surface area contributed by atoms with Gasteiger partial charge in [0.15, 0.2) is 0 Å². The standard InChI is InChI=1S/C115H142N8O8/c1-7-13-19-25-31-37-60-124-90-68-82(69-91(78-90)125-61-38-32-26-20-14-8-2)110-98-48-44-86(116-98)76-88-46-50-100(118-88)112-84-72-94(128-64-41-35-29-23-17-11-5)80-96(74-84)130-66-43-67-131-97-75-85(73-95(81-97)129-65-42-36-30-24-18-12-6)113-101-51-47-89(119-101)77-87-45-49-99(117-87)111(83-70-92(126-62-39-33-27-21-15-9-3)79-93(71-83)127-63-40-34-28-22-16-10-4)103-53-57-107(121-103)115(109-59-55-105(113)123-109)114(106-56-52-102(110)120-106)108-58-54-104(112)122-108/h44-59,68-81,116-117,122-123H,7-43,60-67H2,1-6H3. The van der Waals surface area contributed by atoms with Crippen LogP contribution in [0, 0.1) is 0 Å². The highest BCUT2D eigenvalue weighted by Crippen LogP contribution is 2.46. The molecular formula is C115H142N8O8. The third-order valence-electron chi connectivity index (χ3n) is 25.5. The SMILES string of the molecule is CCCCCCCCOc1cc(OCCCCCCCC)cc(-c2c3nc(c4c5ccc([nH]5)c(c5nc(cc6ccc2[nH]6)C=C5)-c2cc(OCCCCCCCC)cc(c2)OCCCOc2cc(OCCCCCCCC)cc(c2)-c2c5nc(cc6ccc([nH]6)c(-c6cc(OCCCCCCCC)cc(OCCCCCCCC)c6)c6nc(c-4c4ccc2[nH]4)C=C6)C=C5)C=C3)c1. The topological polar surface area (TPSA) is 189 Å². The lowest BCUT2D eigenvalue weighted by atomic mass is 10.0. The van der Waals surface area contributed by atoms with Crippen molar-refractivity contribution in [3.05, 3.63) is 179 Å². The Morgan fingerprint density at radius 3 is 0.771 bits per heavy atom. The van der Waals surface area contributed by atoms with Gasteiger partial charge >= 0.3 is 0 Å². The highest BCUT2D eigenvalue weighted by atomic mass is 16.5. The maximum Gasteiger partial charge on any atom is 0.123 e. The average molecular weight is 1760 g/mol. The van der Waals surface area contributed by atoms with Crippen molar-refractivity contribution in [3.8, 4) is 102 Å². The number of hydrogen-bond acceptors (Lipinski definition) is 12. The van der Waals surface area contributed by atoms with Crippen LogP contribution in [0.5, 0.6) is 46.0 Å². The summed E-state index contributed by atoms with van der Waals surface area (Å²) in [6, 6.07) is 47.3. The van der Waals surface area contributed by atoms with Crippen LogP contribution in [-0.2, 0) is 0 Å².